The van der Waals surface area contributed by atoms with Crippen LogP contribution in [0.25, 0.3) is 11.1 Å². The second-order valence-corrected chi connectivity index (χ2v) is 4.81. The molecule has 4 heteroatoms. The van der Waals surface area contributed by atoms with E-state index in [0.717, 1.165) is 5.56 Å². The smallest absolute Gasteiger partial charge is 0.227 e. The van der Waals surface area contributed by atoms with E-state index in [4.69, 9.17) is 5.73 Å². The molecule has 0 aliphatic heterocycles. The third-order valence-corrected chi connectivity index (χ3v) is 3.42. The van der Waals surface area contributed by atoms with Crippen molar-refractivity contribution in [3.05, 3.63) is 54.3 Å². The van der Waals surface area contributed by atoms with Gasteiger partial charge in [-0.2, -0.15) is 0 Å². The van der Waals surface area contributed by atoms with Gasteiger partial charge in [-0.15, -0.1) is 11.8 Å². The molecule has 1 amide bonds. The molecule has 0 aliphatic carbocycles. The lowest BCUT2D eigenvalue weighted by atomic mass is 10.1. The van der Waals surface area contributed by atoms with Crippen molar-refractivity contribution in [3.63, 3.8) is 0 Å². The molecule has 2 nitrogen and oxygen atoms in total. The van der Waals surface area contributed by atoms with E-state index in [-0.39, 0.29) is 11.6 Å². The molecule has 0 spiro atoms. The van der Waals surface area contributed by atoms with Crippen molar-refractivity contribution in [1.29, 1.82) is 0 Å². The lowest BCUT2D eigenvalue weighted by Gasteiger charge is -2.05. The molecule has 0 saturated heterocycles. The number of carbonyl (C=O) groups excluding carboxylic acids is 1. The molecule has 2 rings (SSSR count). The van der Waals surface area contributed by atoms with Gasteiger partial charge in [-0.05, 0) is 17.7 Å². The van der Waals surface area contributed by atoms with Crippen molar-refractivity contribution in [3.8, 4) is 11.1 Å². The molecule has 2 aromatic rings. The van der Waals surface area contributed by atoms with Gasteiger partial charge in [0.2, 0.25) is 5.91 Å². The van der Waals surface area contributed by atoms with Gasteiger partial charge >= 0.3 is 0 Å². The Balaban J connectivity index is 2.23. The van der Waals surface area contributed by atoms with Crippen LogP contribution in [-0.2, 0) is 4.79 Å². The Morgan fingerprint density at radius 3 is 2.50 bits per heavy atom. The molecule has 0 aromatic heterocycles. The van der Waals surface area contributed by atoms with Gasteiger partial charge in [-0.1, -0.05) is 36.4 Å². The molecule has 0 fully saturated rings. The van der Waals surface area contributed by atoms with Gasteiger partial charge in [0.25, 0.3) is 0 Å². The zero-order chi connectivity index (χ0) is 13.0. The van der Waals surface area contributed by atoms with E-state index in [0.29, 0.717) is 10.5 Å². The van der Waals surface area contributed by atoms with Gasteiger partial charge < -0.3 is 5.73 Å². The minimum Gasteiger partial charge on any atom is -0.369 e. The van der Waals surface area contributed by atoms with Crippen LogP contribution in [0.2, 0.25) is 0 Å². The van der Waals surface area contributed by atoms with Crippen LogP contribution in [0.4, 0.5) is 4.39 Å². The molecule has 0 saturated carbocycles. The summed E-state index contributed by atoms with van der Waals surface area (Å²) in [5.41, 5.74) is 6.44. The largest absolute Gasteiger partial charge is 0.369 e. The Kier molecular flexibility index (Phi) is 3.99. The molecule has 0 unspecified atom stereocenters. The molecule has 92 valence electrons. The summed E-state index contributed by atoms with van der Waals surface area (Å²) in [6, 6.07) is 14.3. The molecular formula is C14H12FNOS. The predicted octanol–water partition coefficient (Wildman–Crippen LogP) is 3.07. The van der Waals surface area contributed by atoms with E-state index in [2.05, 4.69) is 0 Å². The average Bonchev–Trinajstić information content (AvgIpc) is 2.37. The van der Waals surface area contributed by atoms with Crippen molar-refractivity contribution in [2.24, 2.45) is 5.73 Å². The average molecular weight is 261 g/mol. The Morgan fingerprint density at radius 2 is 1.89 bits per heavy atom. The fourth-order valence-electron chi connectivity index (χ4n) is 1.59. The van der Waals surface area contributed by atoms with Crippen molar-refractivity contribution in [2.45, 2.75) is 4.90 Å². The maximum atomic E-state index is 13.9. The Bertz CT molecular complexity index is 557. The summed E-state index contributed by atoms with van der Waals surface area (Å²) in [6.45, 7) is 0. The second kappa shape index (κ2) is 5.69. The Labute approximate surface area is 109 Å². The van der Waals surface area contributed by atoms with Crippen molar-refractivity contribution >= 4 is 17.7 Å². The van der Waals surface area contributed by atoms with Crippen LogP contribution in [0.3, 0.4) is 0 Å². The van der Waals surface area contributed by atoms with Crippen LogP contribution in [-0.4, -0.2) is 11.7 Å². The highest BCUT2D eigenvalue weighted by molar-refractivity contribution is 8.00. The number of hydrogen-bond donors (Lipinski definition) is 1. The number of hydrogen-bond acceptors (Lipinski definition) is 2. The van der Waals surface area contributed by atoms with Gasteiger partial charge in [-0.25, -0.2) is 4.39 Å². The van der Waals surface area contributed by atoms with Crippen molar-refractivity contribution < 1.29 is 9.18 Å². The predicted molar refractivity (Wildman–Crippen MR) is 71.8 cm³/mol. The monoisotopic (exact) mass is 261 g/mol. The molecule has 0 heterocycles. The maximum Gasteiger partial charge on any atom is 0.227 e. The fraction of sp³-hybridized carbons (Fsp3) is 0.0714. The highest BCUT2D eigenvalue weighted by atomic mass is 32.2. The van der Waals surface area contributed by atoms with Crippen molar-refractivity contribution in [2.75, 3.05) is 5.75 Å². The summed E-state index contributed by atoms with van der Waals surface area (Å²) < 4.78 is 13.9. The summed E-state index contributed by atoms with van der Waals surface area (Å²) in [7, 11) is 0. The SMILES string of the molecule is NC(=O)CSc1ccc(-c2ccccc2)c(F)c1. The number of rotatable bonds is 4. The number of amides is 1. The van der Waals surface area contributed by atoms with E-state index in [9.17, 15) is 9.18 Å². The summed E-state index contributed by atoms with van der Waals surface area (Å²) >= 11 is 1.23. The number of halogens is 1. The van der Waals surface area contributed by atoms with E-state index >= 15 is 0 Å². The van der Waals surface area contributed by atoms with E-state index in [1.54, 1.807) is 12.1 Å². The number of carbonyl (C=O) groups is 1. The number of benzene rings is 2. The first-order valence-corrected chi connectivity index (χ1v) is 6.41. The lowest BCUT2D eigenvalue weighted by Crippen LogP contribution is -2.12. The zero-order valence-corrected chi connectivity index (χ0v) is 10.4. The third kappa shape index (κ3) is 3.11. The van der Waals surface area contributed by atoms with Gasteiger partial charge in [0.1, 0.15) is 5.82 Å². The zero-order valence-electron chi connectivity index (χ0n) is 9.60. The van der Waals surface area contributed by atoms with Crippen LogP contribution in [0.5, 0.6) is 0 Å². The van der Waals surface area contributed by atoms with Crippen LogP contribution >= 0.6 is 11.8 Å². The molecule has 0 aliphatic rings. The van der Waals surface area contributed by atoms with Crippen LogP contribution in [0.1, 0.15) is 0 Å². The molecule has 0 bridgehead atoms. The molecule has 0 atom stereocenters. The lowest BCUT2D eigenvalue weighted by molar-refractivity contribution is -0.115. The minimum absolute atomic E-state index is 0.157. The summed E-state index contributed by atoms with van der Waals surface area (Å²) in [5.74, 6) is -0.548. The minimum atomic E-state index is -0.410. The maximum absolute atomic E-state index is 13.9. The first kappa shape index (κ1) is 12.6. The first-order chi connectivity index (χ1) is 8.66. The number of primary amides is 1. The third-order valence-electron chi connectivity index (χ3n) is 2.41. The van der Waals surface area contributed by atoms with Gasteiger partial charge in [-0.3, -0.25) is 4.79 Å². The van der Waals surface area contributed by atoms with E-state index < -0.39 is 5.91 Å². The van der Waals surface area contributed by atoms with Gasteiger partial charge in [0.05, 0.1) is 5.75 Å². The van der Waals surface area contributed by atoms with E-state index in [1.807, 2.05) is 30.3 Å². The summed E-state index contributed by atoms with van der Waals surface area (Å²) in [5, 5.41) is 0. The molecule has 2 N–H and O–H groups in total. The quantitative estimate of drug-likeness (QED) is 0.859. The Hall–Kier alpha value is -1.81. The standard InChI is InChI=1S/C14H12FNOS/c15-13-8-11(18-9-14(16)17)6-7-12(13)10-4-2-1-3-5-10/h1-8H,9H2,(H2,16,17). The van der Waals surface area contributed by atoms with Crippen LogP contribution < -0.4 is 5.73 Å². The topological polar surface area (TPSA) is 43.1 Å². The normalized spacial score (nSPS) is 10.3. The van der Waals surface area contributed by atoms with Crippen LogP contribution in [0, 0.1) is 5.82 Å². The van der Waals surface area contributed by atoms with Crippen LogP contribution in [0.15, 0.2) is 53.4 Å². The van der Waals surface area contributed by atoms with Crippen molar-refractivity contribution in [1.82, 2.24) is 0 Å². The Morgan fingerprint density at radius 1 is 1.17 bits per heavy atom. The molecular weight excluding hydrogens is 249 g/mol. The number of thioether (sulfide) groups is 1. The number of nitrogens with two attached hydrogens (primary N) is 1. The first-order valence-electron chi connectivity index (χ1n) is 5.43. The molecule has 2 aromatic carbocycles. The molecule has 18 heavy (non-hydrogen) atoms. The molecule has 0 radical (unpaired) electrons. The fourth-order valence-corrected chi connectivity index (χ4v) is 2.25. The van der Waals surface area contributed by atoms with E-state index in [1.165, 1.54) is 17.8 Å². The van der Waals surface area contributed by atoms with Gasteiger partial charge in [0, 0.05) is 10.5 Å². The highest BCUT2D eigenvalue weighted by Crippen LogP contribution is 2.27. The second-order valence-electron chi connectivity index (χ2n) is 3.76. The van der Waals surface area contributed by atoms with Gasteiger partial charge in [0.15, 0.2) is 0 Å². The summed E-state index contributed by atoms with van der Waals surface area (Å²) in [4.78, 5) is 11.4. The summed E-state index contributed by atoms with van der Waals surface area (Å²) in [6.07, 6.45) is 0. The highest BCUT2D eigenvalue weighted by Gasteiger charge is 2.06.